The Hall–Kier alpha value is -0.590. The van der Waals surface area contributed by atoms with Crippen molar-refractivity contribution in [3.63, 3.8) is 0 Å². The van der Waals surface area contributed by atoms with Gasteiger partial charge < -0.3 is 4.74 Å². The number of aryl methyl sites for hydroxylation is 1. The fraction of sp³-hybridized carbons (Fsp3) is 0.538. The Morgan fingerprint density at radius 3 is 2.58 bits per heavy atom. The highest BCUT2D eigenvalue weighted by Crippen LogP contribution is 2.22. The number of nitrogens with two attached hydrogens (primary N) is 1. The van der Waals surface area contributed by atoms with Gasteiger partial charge in [0.25, 0.3) is 0 Å². The molecular weight excluding hydrogens is 330 g/mol. The van der Waals surface area contributed by atoms with Crippen LogP contribution in [0.2, 0.25) is 0 Å². The van der Waals surface area contributed by atoms with Crippen LogP contribution < -0.4 is 9.88 Å². The summed E-state index contributed by atoms with van der Waals surface area (Å²) in [6.07, 6.45) is 1.55. The van der Waals surface area contributed by atoms with Crippen LogP contribution >= 0.6 is 15.9 Å². The van der Waals surface area contributed by atoms with Crippen molar-refractivity contribution in [1.82, 2.24) is 0 Å². The molecule has 0 unspecified atom stereocenters. The quantitative estimate of drug-likeness (QED) is 0.769. The van der Waals surface area contributed by atoms with Crippen LogP contribution in [0.3, 0.4) is 0 Å². The second-order valence-electron chi connectivity index (χ2n) is 4.78. The van der Waals surface area contributed by atoms with E-state index in [2.05, 4.69) is 29.8 Å². The van der Waals surface area contributed by atoms with Gasteiger partial charge in [0, 0.05) is 5.33 Å². The first-order valence-corrected chi connectivity index (χ1v) is 8.86. The number of sulfonamides is 1. The third-order valence-corrected chi connectivity index (χ3v) is 4.07. The highest BCUT2D eigenvalue weighted by molar-refractivity contribution is 9.09. The molecule has 0 heterocycles. The van der Waals surface area contributed by atoms with Crippen LogP contribution in [0, 0.1) is 5.92 Å². The Bertz CT molecular complexity index is 515. The molecule has 1 rings (SSSR count). The summed E-state index contributed by atoms with van der Waals surface area (Å²) in [6, 6.07) is 4.91. The molecule has 0 saturated carbocycles. The summed E-state index contributed by atoms with van der Waals surface area (Å²) in [4.78, 5) is 0.170. The number of benzene rings is 1. The van der Waals surface area contributed by atoms with Crippen LogP contribution in [-0.2, 0) is 16.4 Å². The normalized spacial score (nSPS) is 11.8. The zero-order chi connectivity index (χ0) is 14.5. The minimum absolute atomic E-state index is 0.170. The van der Waals surface area contributed by atoms with Crippen LogP contribution in [0.5, 0.6) is 5.75 Å². The van der Waals surface area contributed by atoms with E-state index in [1.54, 1.807) is 12.1 Å². The molecule has 0 atom stereocenters. The molecule has 0 aromatic heterocycles. The van der Waals surface area contributed by atoms with Crippen molar-refractivity contribution in [2.24, 2.45) is 11.1 Å². The lowest BCUT2D eigenvalue weighted by Gasteiger charge is -2.11. The van der Waals surface area contributed by atoms with Gasteiger partial charge in [0.1, 0.15) is 5.75 Å². The lowest BCUT2D eigenvalue weighted by atomic mass is 10.1. The van der Waals surface area contributed by atoms with Gasteiger partial charge in [-0.1, -0.05) is 29.8 Å². The molecule has 0 bridgehead atoms. The van der Waals surface area contributed by atoms with E-state index in [-0.39, 0.29) is 4.90 Å². The molecule has 0 aliphatic rings. The maximum Gasteiger partial charge on any atom is 0.238 e. The summed E-state index contributed by atoms with van der Waals surface area (Å²) >= 11 is 3.31. The lowest BCUT2D eigenvalue weighted by Crippen LogP contribution is -2.15. The van der Waals surface area contributed by atoms with Gasteiger partial charge in [-0.2, -0.15) is 0 Å². The van der Waals surface area contributed by atoms with Crippen LogP contribution in [0.15, 0.2) is 23.1 Å². The molecule has 0 spiro atoms. The van der Waals surface area contributed by atoms with E-state index >= 15 is 0 Å². The van der Waals surface area contributed by atoms with E-state index in [0.29, 0.717) is 35.6 Å². The Balaban J connectivity index is 2.90. The zero-order valence-corrected chi connectivity index (χ0v) is 13.6. The maximum absolute atomic E-state index is 11.5. The molecule has 19 heavy (non-hydrogen) atoms. The molecular formula is C13H20BrNO3S. The molecule has 0 radical (unpaired) electrons. The Kier molecular flexibility index (Phi) is 6.29. The number of hydrogen-bond acceptors (Lipinski definition) is 3. The Morgan fingerprint density at radius 2 is 2.05 bits per heavy atom. The van der Waals surface area contributed by atoms with Gasteiger partial charge in [0.2, 0.25) is 10.0 Å². The topological polar surface area (TPSA) is 69.4 Å². The van der Waals surface area contributed by atoms with Crippen molar-refractivity contribution in [3.8, 4) is 5.75 Å². The average Bonchev–Trinajstić information content (AvgIpc) is 2.27. The monoisotopic (exact) mass is 349 g/mol. The smallest absolute Gasteiger partial charge is 0.238 e. The van der Waals surface area contributed by atoms with Crippen molar-refractivity contribution in [1.29, 1.82) is 0 Å². The van der Waals surface area contributed by atoms with Gasteiger partial charge in [-0.25, -0.2) is 13.6 Å². The molecule has 108 valence electrons. The highest BCUT2D eigenvalue weighted by atomic mass is 79.9. The second kappa shape index (κ2) is 7.26. The van der Waals surface area contributed by atoms with Crippen LogP contribution in [0.4, 0.5) is 0 Å². The molecule has 0 fully saturated rings. The first kappa shape index (κ1) is 16.5. The van der Waals surface area contributed by atoms with Crippen molar-refractivity contribution in [2.45, 2.75) is 31.6 Å². The number of halogens is 1. The molecule has 2 N–H and O–H groups in total. The van der Waals surface area contributed by atoms with E-state index < -0.39 is 10.0 Å². The van der Waals surface area contributed by atoms with Crippen molar-refractivity contribution in [3.05, 3.63) is 23.8 Å². The third-order valence-electron chi connectivity index (χ3n) is 2.67. The summed E-state index contributed by atoms with van der Waals surface area (Å²) < 4.78 is 28.6. The van der Waals surface area contributed by atoms with E-state index in [0.717, 1.165) is 6.42 Å². The summed E-state index contributed by atoms with van der Waals surface area (Å²) in [5, 5.41) is 5.87. The minimum Gasteiger partial charge on any atom is -0.494 e. The predicted molar refractivity (Wildman–Crippen MR) is 80.3 cm³/mol. The lowest BCUT2D eigenvalue weighted by molar-refractivity contribution is 0.289. The van der Waals surface area contributed by atoms with E-state index in [1.807, 2.05) is 0 Å². The zero-order valence-electron chi connectivity index (χ0n) is 11.2. The first-order chi connectivity index (χ1) is 8.84. The molecule has 0 aliphatic carbocycles. The molecule has 1 aromatic rings. The molecule has 6 heteroatoms. The van der Waals surface area contributed by atoms with E-state index in [9.17, 15) is 8.42 Å². The Labute approximate surface area is 123 Å². The molecule has 1 aromatic carbocycles. The molecule has 0 saturated heterocycles. The van der Waals surface area contributed by atoms with Gasteiger partial charge in [-0.05, 0) is 42.5 Å². The van der Waals surface area contributed by atoms with Gasteiger partial charge in [-0.15, -0.1) is 0 Å². The number of ether oxygens (including phenoxy) is 1. The highest BCUT2D eigenvalue weighted by Gasteiger charge is 2.14. The average molecular weight is 350 g/mol. The number of hydrogen-bond donors (Lipinski definition) is 1. The first-order valence-electron chi connectivity index (χ1n) is 6.19. The van der Waals surface area contributed by atoms with Gasteiger partial charge >= 0.3 is 0 Å². The van der Waals surface area contributed by atoms with Crippen molar-refractivity contribution < 1.29 is 13.2 Å². The number of alkyl halides is 1. The van der Waals surface area contributed by atoms with Crippen LogP contribution in [-0.4, -0.2) is 20.4 Å². The van der Waals surface area contributed by atoms with Gasteiger partial charge in [0.05, 0.1) is 11.5 Å². The second-order valence-corrected chi connectivity index (χ2v) is 7.11. The maximum atomic E-state index is 11.5. The summed E-state index contributed by atoms with van der Waals surface area (Å²) in [6.45, 7) is 4.88. The van der Waals surface area contributed by atoms with Crippen LogP contribution in [0.25, 0.3) is 0 Å². The third kappa shape index (κ3) is 5.50. The predicted octanol–water partition coefficient (Wildman–Crippen LogP) is 2.70. The van der Waals surface area contributed by atoms with Crippen molar-refractivity contribution >= 4 is 26.0 Å². The fourth-order valence-corrected chi connectivity index (χ4v) is 2.84. The number of rotatable bonds is 7. The number of primary sulfonamides is 1. The molecule has 0 aliphatic heterocycles. The molecule has 0 amide bonds. The SMILES string of the molecule is CC(C)CCOc1ccc(S(N)(=O)=O)c(CCBr)c1. The fourth-order valence-electron chi connectivity index (χ4n) is 1.63. The molecule has 4 nitrogen and oxygen atoms in total. The summed E-state index contributed by atoms with van der Waals surface area (Å²) in [5.74, 6) is 1.26. The summed E-state index contributed by atoms with van der Waals surface area (Å²) in [7, 11) is -3.68. The van der Waals surface area contributed by atoms with Crippen molar-refractivity contribution in [2.75, 3.05) is 11.9 Å². The van der Waals surface area contributed by atoms with E-state index in [1.165, 1.54) is 6.07 Å². The largest absolute Gasteiger partial charge is 0.494 e. The van der Waals surface area contributed by atoms with Gasteiger partial charge in [0.15, 0.2) is 0 Å². The van der Waals surface area contributed by atoms with Crippen LogP contribution in [0.1, 0.15) is 25.8 Å². The minimum atomic E-state index is -3.68. The summed E-state index contributed by atoms with van der Waals surface area (Å²) in [5.41, 5.74) is 0.682. The Morgan fingerprint density at radius 1 is 1.37 bits per heavy atom. The standard InChI is InChI=1S/C13H20BrNO3S/c1-10(2)6-8-18-12-3-4-13(19(15,16)17)11(9-12)5-7-14/h3-4,9-10H,5-8H2,1-2H3,(H2,15,16,17). The van der Waals surface area contributed by atoms with E-state index in [4.69, 9.17) is 9.88 Å². The van der Waals surface area contributed by atoms with Gasteiger partial charge in [-0.3, -0.25) is 0 Å².